The Kier molecular flexibility index (Phi) is 4.24. The van der Waals surface area contributed by atoms with Gasteiger partial charge in [0.05, 0.1) is 6.20 Å². The molecule has 4 nitrogen and oxygen atoms in total. The number of hydrogen-bond donors (Lipinski definition) is 1. The highest BCUT2D eigenvalue weighted by molar-refractivity contribution is 5.82. The van der Waals surface area contributed by atoms with Gasteiger partial charge in [0.15, 0.2) is 0 Å². The van der Waals surface area contributed by atoms with Crippen molar-refractivity contribution in [3.63, 3.8) is 0 Å². The fourth-order valence-electron chi connectivity index (χ4n) is 3.11. The van der Waals surface area contributed by atoms with Gasteiger partial charge in [0, 0.05) is 30.8 Å². The van der Waals surface area contributed by atoms with E-state index in [0.29, 0.717) is 12.5 Å². The Hall–Kier alpha value is -2.10. The predicted molar refractivity (Wildman–Crippen MR) is 95.8 cm³/mol. The average Bonchev–Trinajstić information content (AvgIpc) is 3.27. The molecule has 2 aromatic rings. The molecule has 0 bridgehead atoms. The van der Waals surface area contributed by atoms with E-state index in [-0.39, 0.29) is 17.2 Å². The van der Waals surface area contributed by atoms with Gasteiger partial charge in [-0.1, -0.05) is 45.0 Å². The number of amides is 1. The molecule has 1 saturated carbocycles. The Balaban J connectivity index is 1.56. The van der Waals surface area contributed by atoms with Crippen LogP contribution in [0.3, 0.4) is 0 Å². The summed E-state index contributed by atoms with van der Waals surface area (Å²) in [6, 6.07) is 8.76. The molecule has 2 atom stereocenters. The average molecular weight is 325 g/mol. The van der Waals surface area contributed by atoms with Gasteiger partial charge in [-0.05, 0) is 35.8 Å². The Morgan fingerprint density at radius 1 is 1.29 bits per heavy atom. The largest absolute Gasteiger partial charge is 0.352 e. The number of aryl methyl sites for hydroxylation is 1. The summed E-state index contributed by atoms with van der Waals surface area (Å²) in [4.78, 5) is 12.4. The summed E-state index contributed by atoms with van der Waals surface area (Å²) >= 11 is 0. The standard InChI is InChI=1S/C20H27N3O/c1-13-15(12-22-23(13)5)11-21-19(24)18-10-17(18)14-6-8-16(9-7-14)20(2,3)4/h6-9,12,17-18H,10-11H2,1-5H3,(H,21,24)/t17-,18-/m1/s1. The highest BCUT2D eigenvalue weighted by atomic mass is 16.2. The third-order valence-electron chi connectivity index (χ3n) is 5.12. The molecule has 1 aliphatic carbocycles. The summed E-state index contributed by atoms with van der Waals surface area (Å²) in [5.74, 6) is 0.639. The van der Waals surface area contributed by atoms with Crippen LogP contribution in [0.25, 0.3) is 0 Å². The van der Waals surface area contributed by atoms with Crippen LogP contribution in [0.15, 0.2) is 30.5 Å². The SMILES string of the molecule is Cc1c(CNC(=O)[C@@H]2C[C@@H]2c2ccc(C(C)(C)C)cc2)cnn1C. The van der Waals surface area contributed by atoms with Gasteiger partial charge in [-0.25, -0.2) is 0 Å². The molecule has 0 radical (unpaired) electrons. The second-order valence-electron chi connectivity index (χ2n) is 7.92. The van der Waals surface area contributed by atoms with Gasteiger partial charge in [0.2, 0.25) is 5.91 Å². The Morgan fingerprint density at radius 2 is 1.96 bits per heavy atom. The fourth-order valence-corrected chi connectivity index (χ4v) is 3.11. The second-order valence-corrected chi connectivity index (χ2v) is 7.92. The second kappa shape index (κ2) is 6.08. The minimum absolute atomic E-state index is 0.113. The summed E-state index contributed by atoms with van der Waals surface area (Å²) in [6.07, 6.45) is 2.78. The van der Waals surface area contributed by atoms with E-state index in [1.165, 1.54) is 11.1 Å². The molecule has 1 aromatic carbocycles. The van der Waals surface area contributed by atoms with Gasteiger partial charge >= 0.3 is 0 Å². The molecular weight excluding hydrogens is 298 g/mol. The minimum Gasteiger partial charge on any atom is -0.352 e. The van der Waals surface area contributed by atoms with Crippen molar-refractivity contribution in [3.8, 4) is 0 Å². The van der Waals surface area contributed by atoms with E-state index in [4.69, 9.17) is 0 Å². The molecule has 3 rings (SSSR count). The maximum atomic E-state index is 12.4. The van der Waals surface area contributed by atoms with Crippen molar-refractivity contribution in [2.24, 2.45) is 13.0 Å². The van der Waals surface area contributed by atoms with Crippen molar-refractivity contribution in [3.05, 3.63) is 52.8 Å². The number of nitrogens with zero attached hydrogens (tertiary/aromatic N) is 2. The van der Waals surface area contributed by atoms with Crippen molar-refractivity contribution in [1.29, 1.82) is 0 Å². The number of nitrogens with one attached hydrogen (secondary N) is 1. The van der Waals surface area contributed by atoms with Gasteiger partial charge in [-0.3, -0.25) is 9.48 Å². The van der Waals surface area contributed by atoms with Gasteiger partial charge in [0.1, 0.15) is 0 Å². The maximum Gasteiger partial charge on any atom is 0.224 e. The quantitative estimate of drug-likeness (QED) is 0.936. The van der Waals surface area contributed by atoms with E-state index >= 15 is 0 Å². The number of carbonyl (C=O) groups is 1. The van der Waals surface area contributed by atoms with Gasteiger partial charge in [-0.2, -0.15) is 5.10 Å². The molecule has 1 amide bonds. The van der Waals surface area contributed by atoms with Crippen molar-refractivity contribution >= 4 is 5.91 Å². The van der Waals surface area contributed by atoms with Crippen LogP contribution in [0, 0.1) is 12.8 Å². The highest BCUT2D eigenvalue weighted by Crippen LogP contribution is 2.47. The lowest BCUT2D eigenvalue weighted by Gasteiger charge is -2.19. The Morgan fingerprint density at radius 3 is 2.50 bits per heavy atom. The fraction of sp³-hybridized carbons (Fsp3) is 0.500. The Bertz CT molecular complexity index is 737. The molecule has 1 heterocycles. The van der Waals surface area contributed by atoms with Crippen LogP contribution < -0.4 is 5.32 Å². The third kappa shape index (κ3) is 3.37. The first kappa shape index (κ1) is 16.7. The molecule has 0 unspecified atom stereocenters. The zero-order chi connectivity index (χ0) is 17.5. The summed E-state index contributed by atoms with van der Waals surface area (Å²) in [5.41, 5.74) is 4.96. The van der Waals surface area contributed by atoms with Gasteiger partial charge < -0.3 is 5.32 Å². The van der Waals surface area contributed by atoms with Crippen LogP contribution in [-0.4, -0.2) is 15.7 Å². The number of benzene rings is 1. The molecule has 0 saturated heterocycles. The number of aromatic nitrogens is 2. The first-order valence-electron chi connectivity index (χ1n) is 8.63. The molecule has 1 N–H and O–H groups in total. The zero-order valence-electron chi connectivity index (χ0n) is 15.3. The molecule has 1 aromatic heterocycles. The van der Waals surface area contributed by atoms with Gasteiger partial charge in [0.25, 0.3) is 0 Å². The first-order valence-corrected chi connectivity index (χ1v) is 8.63. The first-order chi connectivity index (χ1) is 11.3. The van der Waals surface area contributed by atoms with Crippen molar-refractivity contribution < 1.29 is 4.79 Å². The number of carbonyl (C=O) groups excluding carboxylic acids is 1. The van der Waals surface area contributed by atoms with E-state index < -0.39 is 0 Å². The van der Waals surface area contributed by atoms with Crippen LogP contribution in [0.4, 0.5) is 0 Å². The number of hydrogen-bond acceptors (Lipinski definition) is 2. The van der Waals surface area contributed by atoms with E-state index in [9.17, 15) is 4.79 Å². The normalized spacial score (nSPS) is 20.0. The monoisotopic (exact) mass is 325 g/mol. The van der Waals surface area contributed by atoms with Crippen molar-refractivity contribution in [1.82, 2.24) is 15.1 Å². The van der Waals surface area contributed by atoms with E-state index in [2.05, 4.69) is 55.5 Å². The molecule has 1 fully saturated rings. The summed E-state index contributed by atoms with van der Waals surface area (Å²) in [6.45, 7) is 9.23. The summed E-state index contributed by atoms with van der Waals surface area (Å²) in [7, 11) is 1.92. The van der Waals surface area contributed by atoms with Crippen LogP contribution in [0.5, 0.6) is 0 Å². The minimum atomic E-state index is 0.113. The molecule has 1 aliphatic rings. The molecule has 128 valence electrons. The lowest BCUT2D eigenvalue weighted by Crippen LogP contribution is -2.25. The molecule has 0 spiro atoms. The molecule has 0 aliphatic heterocycles. The number of rotatable bonds is 4. The van der Waals surface area contributed by atoms with Crippen molar-refractivity contribution in [2.75, 3.05) is 0 Å². The summed E-state index contributed by atoms with van der Waals surface area (Å²) in [5, 5.41) is 7.27. The lowest BCUT2D eigenvalue weighted by atomic mass is 9.86. The summed E-state index contributed by atoms with van der Waals surface area (Å²) < 4.78 is 1.83. The van der Waals surface area contributed by atoms with E-state index in [1.807, 2.05) is 24.9 Å². The van der Waals surface area contributed by atoms with Crippen molar-refractivity contribution in [2.45, 2.75) is 52.0 Å². The van der Waals surface area contributed by atoms with E-state index in [0.717, 1.165) is 17.7 Å². The third-order valence-corrected chi connectivity index (χ3v) is 5.12. The topological polar surface area (TPSA) is 46.9 Å². The molecule has 4 heteroatoms. The molecular formula is C20H27N3O. The van der Waals surface area contributed by atoms with Crippen LogP contribution in [0.1, 0.15) is 55.5 Å². The van der Waals surface area contributed by atoms with Gasteiger partial charge in [-0.15, -0.1) is 0 Å². The van der Waals surface area contributed by atoms with Crippen LogP contribution in [-0.2, 0) is 23.8 Å². The van der Waals surface area contributed by atoms with Crippen LogP contribution >= 0.6 is 0 Å². The lowest BCUT2D eigenvalue weighted by molar-refractivity contribution is -0.122. The van der Waals surface area contributed by atoms with E-state index in [1.54, 1.807) is 0 Å². The maximum absolute atomic E-state index is 12.4. The zero-order valence-corrected chi connectivity index (χ0v) is 15.3. The molecule has 24 heavy (non-hydrogen) atoms. The highest BCUT2D eigenvalue weighted by Gasteiger charge is 2.43. The Labute approximate surface area is 144 Å². The smallest absolute Gasteiger partial charge is 0.224 e. The van der Waals surface area contributed by atoms with Crippen LogP contribution in [0.2, 0.25) is 0 Å². The predicted octanol–water partition coefficient (Wildman–Crippen LogP) is 3.45.